The molecule has 7 nitrogen and oxygen atoms in total. The van der Waals surface area contributed by atoms with Crippen LogP contribution in [0.15, 0.2) is 12.1 Å². The van der Waals surface area contributed by atoms with Gasteiger partial charge >= 0.3 is 0 Å². The van der Waals surface area contributed by atoms with E-state index in [1.807, 2.05) is 17.0 Å². The highest BCUT2D eigenvalue weighted by Crippen LogP contribution is 2.40. The van der Waals surface area contributed by atoms with E-state index in [2.05, 4.69) is 5.32 Å². The first-order valence-corrected chi connectivity index (χ1v) is 10.9. The van der Waals surface area contributed by atoms with Crippen molar-refractivity contribution in [2.75, 3.05) is 53.1 Å². The largest absolute Gasteiger partial charge is 0.477 e. The molecule has 1 N–H and O–H groups in total. The number of halogens is 2. The van der Waals surface area contributed by atoms with Crippen molar-refractivity contribution in [2.24, 2.45) is 11.8 Å². The van der Waals surface area contributed by atoms with E-state index in [9.17, 15) is 4.79 Å². The monoisotopic (exact) mass is 473 g/mol. The quantitative estimate of drug-likeness (QED) is 0.684. The number of methoxy groups -OCH3 is 1. The van der Waals surface area contributed by atoms with Gasteiger partial charge in [-0.15, -0.1) is 24.8 Å². The summed E-state index contributed by atoms with van der Waals surface area (Å²) >= 11 is 0. The molecule has 1 saturated carbocycles. The number of fused-ring (bicyclic) bond motifs is 1. The number of hydrogen-bond acceptors (Lipinski definition) is 6. The van der Waals surface area contributed by atoms with E-state index in [0.717, 1.165) is 64.2 Å². The molecule has 174 valence electrons. The zero-order chi connectivity index (χ0) is 19.8. The number of nitrogens with zero attached hydrogens (tertiary/aromatic N) is 2. The minimum Gasteiger partial charge on any atom is -0.477 e. The molecule has 0 spiro atoms. The highest BCUT2D eigenvalue weighted by atomic mass is 35.5. The van der Waals surface area contributed by atoms with E-state index in [1.165, 1.54) is 0 Å². The number of carbonyl (C=O) groups excluding carboxylic acids is 1. The topological polar surface area (TPSA) is 72.9 Å². The number of hydrogen-bond donors (Lipinski definition) is 1. The van der Waals surface area contributed by atoms with Gasteiger partial charge in [0.2, 0.25) is 5.88 Å². The highest BCUT2D eigenvalue weighted by molar-refractivity contribution is 5.95. The van der Waals surface area contributed by atoms with Crippen molar-refractivity contribution < 1.29 is 19.0 Å². The van der Waals surface area contributed by atoms with Crippen molar-refractivity contribution in [1.29, 1.82) is 0 Å². The van der Waals surface area contributed by atoms with Gasteiger partial charge in [-0.2, -0.15) is 0 Å². The van der Waals surface area contributed by atoms with Crippen LogP contribution < -0.4 is 10.1 Å². The van der Waals surface area contributed by atoms with Crippen molar-refractivity contribution >= 4 is 30.7 Å². The third-order valence-corrected chi connectivity index (χ3v) is 7.02. The molecule has 1 amide bonds. The maximum absolute atomic E-state index is 13.3. The minimum atomic E-state index is -0.246. The Morgan fingerprint density at radius 1 is 1.26 bits per heavy atom. The third kappa shape index (κ3) is 5.11. The lowest BCUT2D eigenvalue weighted by Crippen LogP contribution is -2.42. The molecule has 1 aromatic rings. The van der Waals surface area contributed by atoms with Gasteiger partial charge in [0.05, 0.1) is 13.2 Å². The molecule has 5 rings (SSSR count). The predicted octanol–water partition coefficient (Wildman–Crippen LogP) is 2.67. The third-order valence-electron chi connectivity index (χ3n) is 7.02. The summed E-state index contributed by atoms with van der Waals surface area (Å²) < 4.78 is 17.3. The average Bonchev–Trinajstić information content (AvgIpc) is 3.44. The van der Waals surface area contributed by atoms with Crippen LogP contribution in [0.4, 0.5) is 0 Å². The van der Waals surface area contributed by atoms with E-state index >= 15 is 0 Å². The molecule has 4 aliphatic rings. The summed E-state index contributed by atoms with van der Waals surface area (Å²) in [4.78, 5) is 20.0. The Morgan fingerprint density at radius 3 is 2.71 bits per heavy atom. The van der Waals surface area contributed by atoms with Crippen molar-refractivity contribution in [2.45, 2.75) is 37.2 Å². The van der Waals surface area contributed by atoms with Crippen molar-refractivity contribution in [3.63, 3.8) is 0 Å². The van der Waals surface area contributed by atoms with Crippen LogP contribution in [0.1, 0.15) is 47.7 Å². The fraction of sp³-hybridized carbons (Fsp3) is 0.727. The number of amides is 1. The number of aromatic nitrogens is 1. The van der Waals surface area contributed by atoms with Gasteiger partial charge in [-0.3, -0.25) is 4.79 Å². The second-order valence-electron chi connectivity index (χ2n) is 9.04. The van der Waals surface area contributed by atoms with Gasteiger partial charge in [0.25, 0.3) is 5.91 Å². The lowest BCUT2D eigenvalue weighted by atomic mass is 9.95. The molecule has 0 radical (unpaired) electrons. The fourth-order valence-corrected chi connectivity index (χ4v) is 4.93. The summed E-state index contributed by atoms with van der Waals surface area (Å²) in [6.45, 7) is 5.33. The van der Waals surface area contributed by atoms with Gasteiger partial charge in [-0.1, -0.05) is 0 Å². The van der Waals surface area contributed by atoms with E-state index in [-0.39, 0.29) is 36.3 Å². The van der Waals surface area contributed by atoms with Crippen LogP contribution in [-0.2, 0) is 9.47 Å². The molecule has 4 fully saturated rings. The zero-order valence-corrected chi connectivity index (χ0v) is 19.6. The maximum atomic E-state index is 13.3. The molecule has 1 aliphatic carbocycles. The number of rotatable bonds is 6. The van der Waals surface area contributed by atoms with Crippen LogP contribution in [0, 0.1) is 11.8 Å². The Bertz CT molecular complexity index is 773. The normalized spacial score (nSPS) is 27.9. The predicted molar refractivity (Wildman–Crippen MR) is 122 cm³/mol. The zero-order valence-electron chi connectivity index (χ0n) is 18.0. The molecule has 31 heavy (non-hydrogen) atoms. The lowest BCUT2D eigenvalue weighted by molar-refractivity contribution is -0.00516. The smallest absolute Gasteiger partial charge is 0.254 e. The molecule has 2 atom stereocenters. The van der Waals surface area contributed by atoms with E-state index in [1.54, 1.807) is 7.11 Å². The molecule has 0 bridgehead atoms. The van der Waals surface area contributed by atoms with Crippen LogP contribution in [0.25, 0.3) is 0 Å². The first-order valence-electron chi connectivity index (χ1n) is 10.9. The molecular formula is C22H33Cl2N3O4. The number of nitrogens with one attached hydrogen (secondary N) is 1. The SMILES string of the molecule is CO[C@@]12CNC[C@H]1CN(C(=O)c1cc(OCC3CCOCC3)nc(C3CC3)c1)C2.Cl.Cl. The van der Waals surface area contributed by atoms with Gasteiger partial charge in [-0.25, -0.2) is 4.98 Å². The Kier molecular flexibility index (Phi) is 8.08. The fourth-order valence-electron chi connectivity index (χ4n) is 4.93. The van der Waals surface area contributed by atoms with Crippen LogP contribution in [0.5, 0.6) is 5.88 Å². The van der Waals surface area contributed by atoms with Crippen LogP contribution in [0.3, 0.4) is 0 Å². The van der Waals surface area contributed by atoms with Gasteiger partial charge < -0.3 is 24.4 Å². The summed E-state index contributed by atoms with van der Waals surface area (Å²) in [6, 6.07) is 3.81. The van der Waals surface area contributed by atoms with Crippen LogP contribution >= 0.6 is 24.8 Å². The molecule has 3 aliphatic heterocycles. The van der Waals surface area contributed by atoms with Gasteiger partial charge in [-0.05, 0) is 37.7 Å². The lowest BCUT2D eigenvalue weighted by Gasteiger charge is -2.26. The van der Waals surface area contributed by atoms with Gasteiger partial charge in [0, 0.05) is 69.1 Å². The number of ether oxygens (including phenoxy) is 3. The van der Waals surface area contributed by atoms with Crippen LogP contribution in [-0.4, -0.2) is 74.5 Å². The van der Waals surface area contributed by atoms with E-state index < -0.39 is 0 Å². The van der Waals surface area contributed by atoms with Gasteiger partial charge in [0.15, 0.2) is 0 Å². The molecule has 1 aromatic heterocycles. The Labute approximate surface area is 196 Å². The first kappa shape index (κ1) is 24.5. The van der Waals surface area contributed by atoms with E-state index in [0.29, 0.717) is 42.3 Å². The molecule has 3 saturated heterocycles. The number of pyridine rings is 1. The standard InChI is InChI=1S/C22H31N3O4.2ClH/c1-27-22-13-23-10-18(22)11-25(14-22)21(26)17-8-19(16-2-3-16)24-20(9-17)29-12-15-4-6-28-7-5-15;;/h8-9,15-16,18,23H,2-7,10-14H2,1H3;2*1H/t18-,22+;;/m0../s1. The summed E-state index contributed by atoms with van der Waals surface area (Å²) in [6.07, 6.45) is 4.34. The van der Waals surface area contributed by atoms with Gasteiger partial charge in [0.1, 0.15) is 5.60 Å². The minimum absolute atomic E-state index is 0. The second-order valence-corrected chi connectivity index (χ2v) is 9.04. The maximum Gasteiger partial charge on any atom is 0.254 e. The Hall–Kier alpha value is -1.12. The van der Waals surface area contributed by atoms with Crippen molar-refractivity contribution in [3.05, 3.63) is 23.4 Å². The molecule has 9 heteroatoms. The first-order chi connectivity index (χ1) is 14.2. The molecule has 4 heterocycles. The summed E-state index contributed by atoms with van der Waals surface area (Å²) in [5.41, 5.74) is 1.45. The second kappa shape index (κ2) is 10.2. The molecular weight excluding hydrogens is 441 g/mol. The Morgan fingerprint density at radius 2 is 2.03 bits per heavy atom. The van der Waals surface area contributed by atoms with Crippen molar-refractivity contribution in [3.8, 4) is 5.88 Å². The number of carbonyl (C=O) groups is 1. The molecule has 0 aromatic carbocycles. The molecule has 0 unspecified atom stereocenters. The van der Waals surface area contributed by atoms with Crippen molar-refractivity contribution in [1.82, 2.24) is 15.2 Å². The Balaban J connectivity index is 0.00000136. The summed E-state index contributed by atoms with van der Waals surface area (Å²) in [5.74, 6) is 1.98. The summed E-state index contributed by atoms with van der Waals surface area (Å²) in [7, 11) is 1.76. The van der Waals surface area contributed by atoms with Crippen LogP contribution in [0.2, 0.25) is 0 Å². The number of likely N-dealkylation sites (tertiary alicyclic amines) is 1. The summed E-state index contributed by atoms with van der Waals surface area (Å²) in [5, 5.41) is 3.40. The average molecular weight is 474 g/mol. The highest BCUT2D eigenvalue weighted by Gasteiger charge is 2.51. The van der Waals surface area contributed by atoms with E-state index in [4.69, 9.17) is 19.2 Å².